The van der Waals surface area contributed by atoms with Crippen molar-refractivity contribution in [2.75, 3.05) is 0 Å². The summed E-state index contributed by atoms with van der Waals surface area (Å²) in [6, 6.07) is 0. The number of aryl methyl sites for hydroxylation is 1. The van der Waals surface area contributed by atoms with Crippen molar-refractivity contribution < 1.29 is 9.90 Å². The second-order valence-corrected chi connectivity index (χ2v) is 2.61. The fourth-order valence-corrected chi connectivity index (χ4v) is 0.974. The van der Waals surface area contributed by atoms with Crippen LogP contribution in [0.25, 0.3) is 0 Å². The maximum atomic E-state index is 10.1. The van der Waals surface area contributed by atoms with Gasteiger partial charge in [-0.2, -0.15) is 5.10 Å². The van der Waals surface area contributed by atoms with Gasteiger partial charge in [-0.15, -0.1) is 0 Å². The van der Waals surface area contributed by atoms with Gasteiger partial charge >= 0.3 is 0 Å². The van der Waals surface area contributed by atoms with Gasteiger partial charge in [0.05, 0.1) is 6.20 Å². The zero-order valence-corrected chi connectivity index (χ0v) is 6.97. The number of carbonyl (C=O) groups is 1. The zero-order valence-electron chi connectivity index (χ0n) is 6.97. The first-order chi connectivity index (χ1) is 5.76. The van der Waals surface area contributed by atoms with Crippen molar-refractivity contribution in [3.8, 4) is 0 Å². The van der Waals surface area contributed by atoms with Crippen LogP contribution in [0.1, 0.15) is 12.5 Å². The molecule has 1 unspecified atom stereocenters. The molecule has 1 rings (SSSR count). The van der Waals surface area contributed by atoms with Crippen LogP contribution in [0.4, 0.5) is 0 Å². The Bertz CT molecular complexity index is 257. The summed E-state index contributed by atoms with van der Waals surface area (Å²) in [4.78, 5) is 10.1. The van der Waals surface area contributed by atoms with E-state index in [1.54, 1.807) is 10.9 Å². The predicted octanol–water partition coefficient (Wildman–Crippen LogP) is 0.00530. The Labute approximate surface area is 70.8 Å². The zero-order chi connectivity index (χ0) is 8.97. The second kappa shape index (κ2) is 4.01. The molecule has 0 fully saturated rings. The Balaban J connectivity index is 2.57. The highest BCUT2D eigenvalue weighted by molar-refractivity contribution is 5.56. The molecular formula is C8H12N2O2. The standard InChI is InChI=1S/C8H12N2O2/c1-2-10-5-7(4-9-10)3-8(12)6-11/h4-6,8,12H,2-3H2,1H3. The average molecular weight is 168 g/mol. The number of hydrogen-bond acceptors (Lipinski definition) is 3. The maximum Gasteiger partial charge on any atom is 0.148 e. The summed E-state index contributed by atoms with van der Waals surface area (Å²) in [5.41, 5.74) is 0.886. The van der Waals surface area contributed by atoms with Crippen LogP contribution >= 0.6 is 0 Å². The Morgan fingerprint density at radius 3 is 3.08 bits per heavy atom. The molecule has 0 bridgehead atoms. The molecule has 12 heavy (non-hydrogen) atoms. The van der Waals surface area contributed by atoms with Gasteiger partial charge in [-0.3, -0.25) is 4.68 Å². The number of aliphatic hydroxyl groups excluding tert-OH is 1. The average Bonchev–Trinajstić information content (AvgIpc) is 2.52. The van der Waals surface area contributed by atoms with Crippen LogP contribution in [-0.4, -0.2) is 27.3 Å². The van der Waals surface area contributed by atoms with Crippen molar-refractivity contribution in [1.82, 2.24) is 9.78 Å². The molecule has 0 aromatic carbocycles. The molecule has 0 saturated carbocycles. The van der Waals surface area contributed by atoms with Crippen LogP contribution in [-0.2, 0) is 17.8 Å². The topological polar surface area (TPSA) is 55.1 Å². The van der Waals surface area contributed by atoms with Crippen molar-refractivity contribution in [2.24, 2.45) is 0 Å². The third-order valence-electron chi connectivity index (χ3n) is 1.61. The minimum atomic E-state index is -0.903. The summed E-state index contributed by atoms with van der Waals surface area (Å²) in [6.07, 6.45) is 3.47. The molecule has 1 atom stereocenters. The highest BCUT2D eigenvalue weighted by Crippen LogP contribution is 2.00. The number of aldehydes is 1. The van der Waals surface area contributed by atoms with Crippen LogP contribution in [0.3, 0.4) is 0 Å². The third kappa shape index (κ3) is 2.17. The molecule has 4 heteroatoms. The van der Waals surface area contributed by atoms with Crippen molar-refractivity contribution >= 4 is 6.29 Å². The molecule has 1 heterocycles. The quantitative estimate of drug-likeness (QED) is 0.644. The van der Waals surface area contributed by atoms with E-state index in [-0.39, 0.29) is 0 Å². The van der Waals surface area contributed by atoms with Gasteiger partial charge in [0.1, 0.15) is 12.4 Å². The molecule has 0 aliphatic heterocycles. The van der Waals surface area contributed by atoms with Crippen LogP contribution in [0.2, 0.25) is 0 Å². The van der Waals surface area contributed by atoms with Crippen LogP contribution in [0, 0.1) is 0 Å². The minimum absolute atomic E-state index is 0.351. The van der Waals surface area contributed by atoms with E-state index in [0.29, 0.717) is 12.7 Å². The molecule has 1 aromatic rings. The van der Waals surface area contributed by atoms with Crippen molar-refractivity contribution in [2.45, 2.75) is 26.0 Å². The SMILES string of the molecule is CCn1cc(CC(O)C=O)cn1. The Morgan fingerprint density at radius 2 is 2.58 bits per heavy atom. The first kappa shape index (κ1) is 8.93. The lowest BCUT2D eigenvalue weighted by atomic mass is 10.2. The monoisotopic (exact) mass is 168 g/mol. The summed E-state index contributed by atoms with van der Waals surface area (Å²) in [6.45, 7) is 2.78. The van der Waals surface area contributed by atoms with E-state index in [2.05, 4.69) is 5.10 Å². The summed E-state index contributed by atoms with van der Waals surface area (Å²) in [5.74, 6) is 0. The number of carbonyl (C=O) groups excluding carboxylic acids is 1. The lowest BCUT2D eigenvalue weighted by molar-refractivity contribution is -0.114. The molecule has 0 spiro atoms. The summed E-state index contributed by atoms with van der Waals surface area (Å²) >= 11 is 0. The largest absolute Gasteiger partial charge is 0.385 e. The van der Waals surface area contributed by atoms with Crippen molar-refractivity contribution in [3.63, 3.8) is 0 Å². The van der Waals surface area contributed by atoms with Gasteiger partial charge in [0.15, 0.2) is 0 Å². The van der Waals surface area contributed by atoms with E-state index in [4.69, 9.17) is 5.11 Å². The number of hydrogen-bond donors (Lipinski definition) is 1. The predicted molar refractivity (Wildman–Crippen MR) is 43.7 cm³/mol. The van der Waals surface area contributed by atoms with E-state index in [9.17, 15) is 4.79 Å². The molecule has 0 saturated heterocycles. The highest BCUT2D eigenvalue weighted by atomic mass is 16.3. The third-order valence-corrected chi connectivity index (χ3v) is 1.61. The van der Waals surface area contributed by atoms with E-state index < -0.39 is 6.10 Å². The van der Waals surface area contributed by atoms with Gasteiger partial charge in [0.2, 0.25) is 0 Å². The highest BCUT2D eigenvalue weighted by Gasteiger charge is 2.04. The van der Waals surface area contributed by atoms with Crippen LogP contribution in [0.15, 0.2) is 12.4 Å². The molecule has 66 valence electrons. The molecule has 0 aliphatic carbocycles. The number of aromatic nitrogens is 2. The second-order valence-electron chi connectivity index (χ2n) is 2.61. The van der Waals surface area contributed by atoms with Crippen molar-refractivity contribution in [3.05, 3.63) is 18.0 Å². The van der Waals surface area contributed by atoms with Gasteiger partial charge in [-0.1, -0.05) is 0 Å². The molecule has 1 aromatic heterocycles. The van der Waals surface area contributed by atoms with E-state index in [1.807, 2.05) is 13.1 Å². The molecule has 1 N–H and O–H groups in total. The van der Waals surface area contributed by atoms with Gasteiger partial charge in [-0.05, 0) is 12.5 Å². The van der Waals surface area contributed by atoms with Gasteiger partial charge < -0.3 is 9.90 Å². The summed E-state index contributed by atoms with van der Waals surface area (Å²) < 4.78 is 1.76. The fraction of sp³-hybridized carbons (Fsp3) is 0.500. The van der Waals surface area contributed by atoms with E-state index in [1.165, 1.54) is 0 Å². The van der Waals surface area contributed by atoms with E-state index in [0.717, 1.165) is 12.1 Å². The molecule has 0 amide bonds. The summed E-state index contributed by atoms with van der Waals surface area (Å²) in [7, 11) is 0. The maximum absolute atomic E-state index is 10.1. The lowest BCUT2D eigenvalue weighted by Gasteiger charge is -1.97. The fourth-order valence-electron chi connectivity index (χ4n) is 0.974. The van der Waals surface area contributed by atoms with Gasteiger partial charge in [0, 0.05) is 19.2 Å². The molecule has 0 aliphatic rings. The molecule has 0 radical (unpaired) electrons. The lowest BCUT2D eigenvalue weighted by Crippen LogP contribution is -2.10. The Hall–Kier alpha value is -1.16. The Kier molecular flexibility index (Phi) is 2.99. The minimum Gasteiger partial charge on any atom is -0.385 e. The molecular weight excluding hydrogens is 156 g/mol. The normalized spacial score (nSPS) is 12.8. The van der Waals surface area contributed by atoms with E-state index >= 15 is 0 Å². The number of aliphatic hydroxyl groups is 1. The summed E-state index contributed by atoms with van der Waals surface area (Å²) in [5, 5.41) is 13.0. The smallest absolute Gasteiger partial charge is 0.148 e. The van der Waals surface area contributed by atoms with Crippen molar-refractivity contribution in [1.29, 1.82) is 0 Å². The molecule has 4 nitrogen and oxygen atoms in total. The number of nitrogens with zero attached hydrogens (tertiary/aromatic N) is 2. The first-order valence-electron chi connectivity index (χ1n) is 3.91. The van der Waals surface area contributed by atoms with Crippen LogP contribution < -0.4 is 0 Å². The number of rotatable bonds is 4. The Morgan fingerprint density at radius 1 is 1.83 bits per heavy atom. The van der Waals surface area contributed by atoms with Gasteiger partial charge in [0.25, 0.3) is 0 Å². The first-order valence-corrected chi connectivity index (χ1v) is 3.91. The van der Waals surface area contributed by atoms with Crippen LogP contribution in [0.5, 0.6) is 0 Å². The van der Waals surface area contributed by atoms with Gasteiger partial charge in [-0.25, -0.2) is 0 Å².